The second-order valence-electron chi connectivity index (χ2n) is 5.91. The molecule has 8 heteroatoms. The van der Waals surface area contributed by atoms with Crippen molar-refractivity contribution in [2.24, 2.45) is 0 Å². The number of rotatable bonds is 3. The van der Waals surface area contributed by atoms with Gasteiger partial charge in [-0.25, -0.2) is 8.78 Å². The topological polar surface area (TPSA) is 37.8 Å². The van der Waals surface area contributed by atoms with Crippen molar-refractivity contribution in [1.82, 2.24) is 10.2 Å². The van der Waals surface area contributed by atoms with Gasteiger partial charge in [0, 0.05) is 22.9 Å². The van der Waals surface area contributed by atoms with Crippen LogP contribution in [0.4, 0.5) is 27.8 Å². The van der Waals surface area contributed by atoms with E-state index in [1.807, 2.05) is 0 Å². The normalized spacial score (nSPS) is 11.8. The number of fused-ring (bicyclic) bond motifs is 1. The Kier molecular flexibility index (Phi) is 4.52. The molecule has 0 spiro atoms. The van der Waals surface area contributed by atoms with Crippen LogP contribution >= 0.6 is 0 Å². The van der Waals surface area contributed by atoms with Crippen LogP contribution in [0.15, 0.2) is 30.3 Å². The molecule has 3 nitrogen and oxygen atoms in total. The first kappa shape index (κ1) is 18.0. The van der Waals surface area contributed by atoms with Gasteiger partial charge in [0.15, 0.2) is 5.82 Å². The molecule has 0 aliphatic carbocycles. The molecular formula is C18H14F5N3. The highest BCUT2D eigenvalue weighted by Crippen LogP contribution is 2.33. The Morgan fingerprint density at radius 1 is 1.00 bits per heavy atom. The molecule has 0 atom stereocenters. The maximum absolute atomic E-state index is 14.1. The molecule has 0 aliphatic rings. The van der Waals surface area contributed by atoms with E-state index in [0.29, 0.717) is 28.1 Å². The minimum absolute atomic E-state index is 0.158. The van der Waals surface area contributed by atoms with E-state index in [1.54, 1.807) is 19.9 Å². The van der Waals surface area contributed by atoms with Crippen LogP contribution in [0.2, 0.25) is 0 Å². The molecule has 0 fully saturated rings. The summed E-state index contributed by atoms with van der Waals surface area (Å²) < 4.78 is 66.3. The largest absolute Gasteiger partial charge is 0.419 e. The lowest BCUT2D eigenvalue weighted by atomic mass is 10.1. The highest BCUT2D eigenvalue weighted by molar-refractivity contribution is 5.93. The molecule has 136 valence electrons. The molecule has 1 aromatic heterocycles. The quantitative estimate of drug-likeness (QED) is 0.650. The summed E-state index contributed by atoms with van der Waals surface area (Å²) in [5.41, 5.74) is -0.586. The summed E-state index contributed by atoms with van der Waals surface area (Å²) in [5, 5.41) is 11.8. The fourth-order valence-corrected chi connectivity index (χ4v) is 2.65. The summed E-state index contributed by atoms with van der Waals surface area (Å²) >= 11 is 0. The number of hydrogen-bond donors (Lipinski definition) is 1. The van der Waals surface area contributed by atoms with Crippen LogP contribution in [0.1, 0.15) is 22.4 Å². The second-order valence-corrected chi connectivity index (χ2v) is 5.91. The lowest BCUT2D eigenvalue weighted by Gasteiger charge is -2.13. The Morgan fingerprint density at radius 3 is 2.42 bits per heavy atom. The van der Waals surface area contributed by atoms with Gasteiger partial charge in [0.1, 0.15) is 11.6 Å². The maximum atomic E-state index is 14.1. The molecule has 0 amide bonds. The molecule has 0 bridgehead atoms. The summed E-state index contributed by atoms with van der Waals surface area (Å²) in [5.74, 6) is -1.49. The average molecular weight is 367 g/mol. The van der Waals surface area contributed by atoms with Crippen LogP contribution in [0, 0.1) is 25.5 Å². The number of anilines is 1. The first-order chi connectivity index (χ1) is 12.2. The minimum atomic E-state index is -4.77. The van der Waals surface area contributed by atoms with Crippen molar-refractivity contribution in [2.75, 3.05) is 5.32 Å². The number of aryl methyl sites for hydroxylation is 2. The first-order valence-corrected chi connectivity index (χ1v) is 7.70. The molecule has 0 saturated heterocycles. The number of aromatic nitrogens is 2. The zero-order chi connectivity index (χ0) is 19.1. The van der Waals surface area contributed by atoms with Gasteiger partial charge in [0.05, 0.1) is 11.3 Å². The third-order valence-corrected chi connectivity index (χ3v) is 4.07. The van der Waals surface area contributed by atoms with E-state index in [2.05, 4.69) is 15.5 Å². The molecule has 1 heterocycles. The monoisotopic (exact) mass is 367 g/mol. The fraction of sp³-hybridized carbons (Fsp3) is 0.222. The summed E-state index contributed by atoms with van der Waals surface area (Å²) in [6.45, 7) is 3.03. The minimum Gasteiger partial charge on any atom is -0.364 e. The van der Waals surface area contributed by atoms with Crippen LogP contribution in [0.5, 0.6) is 0 Å². The maximum Gasteiger partial charge on any atom is 0.419 e. The molecule has 0 aliphatic heterocycles. The molecule has 1 N–H and O–H groups in total. The molecule has 2 aromatic carbocycles. The van der Waals surface area contributed by atoms with Crippen LogP contribution < -0.4 is 5.32 Å². The van der Waals surface area contributed by atoms with E-state index in [4.69, 9.17) is 0 Å². The number of alkyl halides is 3. The van der Waals surface area contributed by atoms with Gasteiger partial charge in [-0.3, -0.25) is 0 Å². The van der Waals surface area contributed by atoms with Gasteiger partial charge < -0.3 is 5.32 Å². The summed E-state index contributed by atoms with van der Waals surface area (Å²) in [6.07, 6.45) is -4.77. The van der Waals surface area contributed by atoms with Gasteiger partial charge in [0.2, 0.25) is 0 Å². The number of nitrogens with one attached hydrogen (secondary N) is 1. The van der Waals surface area contributed by atoms with E-state index in [-0.39, 0.29) is 17.9 Å². The van der Waals surface area contributed by atoms with Gasteiger partial charge in [0.25, 0.3) is 0 Å². The van der Waals surface area contributed by atoms with Crippen LogP contribution in [-0.4, -0.2) is 10.2 Å². The van der Waals surface area contributed by atoms with Crippen molar-refractivity contribution in [3.05, 3.63) is 64.4 Å². The number of hydrogen-bond acceptors (Lipinski definition) is 3. The summed E-state index contributed by atoms with van der Waals surface area (Å²) in [4.78, 5) is 0. The standard InChI is InChI=1S/C18H14F5N3/c1-9-6-13-12(7-15(9)19)10(2)25-26-17(13)24-8-11-4-3-5-14(16(11)20)18(21,22)23/h3-7H,8H2,1-2H3,(H,24,26). The van der Waals surface area contributed by atoms with E-state index in [0.717, 1.165) is 6.07 Å². The summed E-state index contributed by atoms with van der Waals surface area (Å²) in [6, 6.07) is 5.97. The Bertz CT molecular complexity index is 983. The zero-order valence-electron chi connectivity index (χ0n) is 13.9. The predicted octanol–water partition coefficient (Wildman–Crippen LogP) is 5.16. The van der Waals surface area contributed by atoms with Gasteiger partial charge in [-0.05, 0) is 37.6 Å². The van der Waals surface area contributed by atoms with Crippen molar-refractivity contribution in [2.45, 2.75) is 26.6 Å². The molecule has 3 aromatic rings. The lowest BCUT2D eigenvalue weighted by Crippen LogP contribution is -2.12. The number of halogens is 5. The van der Waals surface area contributed by atoms with Crippen LogP contribution in [0.3, 0.4) is 0 Å². The lowest BCUT2D eigenvalue weighted by molar-refractivity contribution is -0.140. The predicted molar refractivity (Wildman–Crippen MR) is 87.7 cm³/mol. The first-order valence-electron chi connectivity index (χ1n) is 7.70. The van der Waals surface area contributed by atoms with E-state index in [1.165, 1.54) is 12.1 Å². The van der Waals surface area contributed by atoms with Crippen molar-refractivity contribution < 1.29 is 22.0 Å². The smallest absolute Gasteiger partial charge is 0.364 e. The summed E-state index contributed by atoms with van der Waals surface area (Å²) in [7, 11) is 0. The Balaban J connectivity index is 1.97. The number of benzene rings is 2. The highest BCUT2D eigenvalue weighted by atomic mass is 19.4. The van der Waals surface area contributed by atoms with E-state index < -0.39 is 23.4 Å². The van der Waals surface area contributed by atoms with E-state index >= 15 is 0 Å². The third kappa shape index (κ3) is 3.31. The number of nitrogens with zero attached hydrogens (tertiary/aromatic N) is 2. The molecule has 26 heavy (non-hydrogen) atoms. The molecule has 0 radical (unpaired) electrons. The van der Waals surface area contributed by atoms with Gasteiger partial charge in [-0.1, -0.05) is 12.1 Å². The van der Waals surface area contributed by atoms with Gasteiger partial charge in [-0.15, -0.1) is 5.10 Å². The van der Waals surface area contributed by atoms with Crippen LogP contribution in [0.25, 0.3) is 10.8 Å². The third-order valence-electron chi connectivity index (χ3n) is 4.07. The zero-order valence-corrected chi connectivity index (χ0v) is 13.9. The molecule has 0 saturated carbocycles. The Morgan fingerprint density at radius 2 is 1.73 bits per heavy atom. The van der Waals surface area contributed by atoms with Crippen molar-refractivity contribution in [3.63, 3.8) is 0 Å². The second kappa shape index (κ2) is 6.51. The average Bonchev–Trinajstić information content (AvgIpc) is 2.56. The van der Waals surface area contributed by atoms with Crippen molar-refractivity contribution >= 4 is 16.6 Å². The fourth-order valence-electron chi connectivity index (χ4n) is 2.65. The van der Waals surface area contributed by atoms with Crippen LogP contribution in [-0.2, 0) is 12.7 Å². The SMILES string of the molecule is Cc1cc2c(NCc3cccc(C(F)(F)F)c3F)nnc(C)c2cc1F. The van der Waals surface area contributed by atoms with Gasteiger partial charge >= 0.3 is 6.18 Å². The Labute approximate surface area is 145 Å². The Hall–Kier alpha value is -2.77. The van der Waals surface area contributed by atoms with Crippen molar-refractivity contribution in [1.29, 1.82) is 0 Å². The highest BCUT2D eigenvalue weighted by Gasteiger charge is 2.34. The molecule has 3 rings (SSSR count). The van der Waals surface area contributed by atoms with Crippen molar-refractivity contribution in [3.8, 4) is 0 Å². The molecular weight excluding hydrogens is 353 g/mol. The van der Waals surface area contributed by atoms with Gasteiger partial charge in [-0.2, -0.15) is 18.3 Å². The van der Waals surface area contributed by atoms with E-state index in [9.17, 15) is 22.0 Å². The molecule has 0 unspecified atom stereocenters.